The van der Waals surface area contributed by atoms with Crippen molar-refractivity contribution in [2.24, 2.45) is 0 Å². The average molecular weight is 406 g/mol. The number of nitrogens with one attached hydrogen (secondary N) is 1. The largest absolute Gasteiger partial charge is 0.334 e. The summed E-state index contributed by atoms with van der Waals surface area (Å²) in [6.45, 7) is 5.85. The second-order valence-corrected chi connectivity index (χ2v) is 7.05. The monoisotopic (exact) mass is 405 g/mol. The van der Waals surface area contributed by atoms with Gasteiger partial charge < -0.3 is 9.51 Å². The van der Waals surface area contributed by atoms with Crippen molar-refractivity contribution >= 4 is 11.6 Å². The predicted molar refractivity (Wildman–Crippen MR) is 115 cm³/mol. The van der Waals surface area contributed by atoms with Crippen LogP contribution in [-0.2, 0) is 6.42 Å². The number of nitrogens with zero attached hydrogens (tertiary/aromatic N) is 2. The van der Waals surface area contributed by atoms with E-state index >= 15 is 0 Å². The number of hydrogen-bond donors (Lipinski definition) is 1. The maximum Gasteiger partial charge on any atom is 0.257 e. The normalized spacial score (nSPS) is 11.4. The molecule has 2 aromatic heterocycles. The van der Waals surface area contributed by atoms with Crippen LogP contribution in [0.5, 0.6) is 0 Å². The van der Waals surface area contributed by atoms with E-state index in [-0.39, 0.29) is 5.56 Å². The standard InChI is InChI=1S/C21H14ClN3O2.C2H6/c1-11-18(13-3-2-4-14(7-13)21-23-10-24-27-21)17-8-12-5-6-15(22)9-16(12)19(17)25-20(11)26;1-2/h2-7,9-10H,8H2,1H3,(H,25,26);1-2H3. The summed E-state index contributed by atoms with van der Waals surface area (Å²) in [5, 5.41) is 4.33. The zero-order valence-corrected chi connectivity index (χ0v) is 17.2. The maximum absolute atomic E-state index is 12.7. The quantitative estimate of drug-likeness (QED) is 0.412. The Hall–Kier alpha value is -3.18. The van der Waals surface area contributed by atoms with Crippen molar-refractivity contribution in [3.8, 4) is 33.8 Å². The average Bonchev–Trinajstić information content (AvgIpc) is 3.39. The molecule has 0 aliphatic heterocycles. The number of aromatic nitrogens is 3. The fourth-order valence-electron chi connectivity index (χ4n) is 3.78. The molecule has 0 radical (unpaired) electrons. The molecule has 0 fully saturated rings. The van der Waals surface area contributed by atoms with Crippen LogP contribution < -0.4 is 5.56 Å². The summed E-state index contributed by atoms with van der Waals surface area (Å²) >= 11 is 6.18. The Morgan fingerprint density at radius 2 is 1.90 bits per heavy atom. The van der Waals surface area contributed by atoms with Crippen LogP contribution in [0.2, 0.25) is 5.02 Å². The van der Waals surface area contributed by atoms with Gasteiger partial charge in [-0.25, -0.2) is 0 Å². The van der Waals surface area contributed by atoms with Crippen LogP contribution in [0.15, 0.2) is 58.1 Å². The van der Waals surface area contributed by atoms with Gasteiger partial charge >= 0.3 is 0 Å². The van der Waals surface area contributed by atoms with Crippen molar-refractivity contribution < 1.29 is 4.52 Å². The van der Waals surface area contributed by atoms with Gasteiger partial charge in [0, 0.05) is 28.1 Å². The van der Waals surface area contributed by atoms with E-state index in [9.17, 15) is 4.79 Å². The van der Waals surface area contributed by atoms with E-state index in [1.807, 2.05) is 63.2 Å². The van der Waals surface area contributed by atoms with E-state index in [4.69, 9.17) is 16.1 Å². The number of hydrogen-bond acceptors (Lipinski definition) is 4. The predicted octanol–water partition coefficient (Wildman–Crippen LogP) is 5.65. The SMILES string of the molecule is CC.Cc1c(-c2cccc(-c3ncno3)c2)c2c([nH]c1=O)-c1cc(Cl)ccc1C2. The molecular weight excluding hydrogens is 386 g/mol. The maximum atomic E-state index is 12.7. The Bertz CT molecular complexity index is 1240. The first-order valence-electron chi connectivity index (χ1n) is 9.54. The van der Waals surface area contributed by atoms with Gasteiger partial charge in [0.25, 0.3) is 11.4 Å². The fourth-order valence-corrected chi connectivity index (χ4v) is 3.95. The molecule has 5 rings (SSSR count). The van der Waals surface area contributed by atoms with Crippen LogP contribution in [-0.4, -0.2) is 15.1 Å². The number of H-pyrrole nitrogens is 1. The van der Waals surface area contributed by atoms with Crippen LogP contribution in [0.1, 0.15) is 30.5 Å². The van der Waals surface area contributed by atoms with Crippen molar-refractivity contribution in [2.45, 2.75) is 27.2 Å². The van der Waals surface area contributed by atoms with Crippen LogP contribution in [0.4, 0.5) is 0 Å². The number of fused-ring (bicyclic) bond motifs is 3. The van der Waals surface area contributed by atoms with E-state index < -0.39 is 0 Å². The van der Waals surface area contributed by atoms with Crippen LogP contribution >= 0.6 is 11.6 Å². The minimum Gasteiger partial charge on any atom is -0.334 e. The number of rotatable bonds is 2. The Kier molecular flexibility index (Phi) is 5.07. The Balaban J connectivity index is 0.000000994. The third-order valence-corrected chi connectivity index (χ3v) is 5.26. The molecule has 0 spiro atoms. The molecule has 0 saturated carbocycles. The molecule has 0 amide bonds. The summed E-state index contributed by atoms with van der Waals surface area (Å²) in [6, 6.07) is 13.6. The molecule has 6 heteroatoms. The molecule has 2 heterocycles. The van der Waals surface area contributed by atoms with Gasteiger partial charge in [-0.3, -0.25) is 4.79 Å². The molecule has 0 unspecified atom stereocenters. The van der Waals surface area contributed by atoms with Gasteiger partial charge in [-0.2, -0.15) is 4.98 Å². The second-order valence-electron chi connectivity index (χ2n) is 6.61. The molecule has 1 N–H and O–H groups in total. The molecule has 5 nitrogen and oxygen atoms in total. The first-order chi connectivity index (χ1) is 14.1. The lowest BCUT2D eigenvalue weighted by Crippen LogP contribution is -2.13. The summed E-state index contributed by atoms with van der Waals surface area (Å²) in [6.07, 6.45) is 2.12. The molecule has 0 atom stereocenters. The van der Waals surface area contributed by atoms with Crippen molar-refractivity contribution in [3.63, 3.8) is 0 Å². The van der Waals surface area contributed by atoms with E-state index in [2.05, 4.69) is 15.1 Å². The molecular formula is C23H20ClN3O2. The minimum atomic E-state index is -0.0974. The van der Waals surface area contributed by atoms with Crippen LogP contribution in [0.3, 0.4) is 0 Å². The first-order valence-corrected chi connectivity index (χ1v) is 9.91. The fraction of sp³-hybridized carbons (Fsp3) is 0.174. The zero-order valence-electron chi connectivity index (χ0n) is 16.4. The van der Waals surface area contributed by atoms with E-state index in [1.54, 1.807) is 0 Å². The van der Waals surface area contributed by atoms with Gasteiger partial charge in [-0.15, -0.1) is 0 Å². The molecule has 29 heavy (non-hydrogen) atoms. The molecule has 1 aliphatic rings. The Labute approximate surface area is 173 Å². The highest BCUT2D eigenvalue weighted by molar-refractivity contribution is 6.31. The molecule has 146 valence electrons. The number of halogens is 1. The highest BCUT2D eigenvalue weighted by atomic mass is 35.5. The summed E-state index contributed by atoms with van der Waals surface area (Å²) in [4.78, 5) is 19.8. The highest BCUT2D eigenvalue weighted by Gasteiger charge is 2.25. The second kappa shape index (κ2) is 7.68. The van der Waals surface area contributed by atoms with E-state index in [0.717, 1.165) is 45.5 Å². The lowest BCUT2D eigenvalue weighted by atomic mass is 9.93. The van der Waals surface area contributed by atoms with Crippen molar-refractivity contribution in [1.82, 2.24) is 15.1 Å². The van der Waals surface area contributed by atoms with Gasteiger partial charge in [0.1, 0.15) is 0 Å². The molecule has 0 saturated heterocycles. The first kappa shape index (κ1) is 19.2. The minimum absolute atomic E-state index is 0.0974. The van der Waals surface area contributed by atoms with Gasteiger partial charge in [0.15, 0.2) is 6.33 Å². The summed E-state index contributed by atoms with van der Waals surface area (Å²) < 4.78 is 5.18. The van der Waals surface area contributed by atoms with Crippen molar-refractivity contribution in [2.75, 3.05) is 0 Å². The summed E-state index contributed by atoms with van der Waals surface area (Å²) in [5.41, 5.74) is 7.40. The van der Waals surface area contributed by atoms with Crippen molar-refractivity contribution in [3.05, 3.63) is 80.9 Å². The van der Waals surface area contributed by atoms with Gasteiger partial charge in [-0.05, 0) is 53.4 Å². The highest BCUT2D eigenvalue weighted by Crippen LogP contribution is 2.42. The molecule has 1 aliphatic carbocycles. The Morgan fingerprint density at radius 3 is 2.66 bits per heavy atom. The lowest BCUT2D eigenvalue weighted by molar-refractivity contribution is 0.430. The van der Waals surface area contributed by atoms with Crippen molar-refractivity contribution in [1.29, 1.82) is 0 Å². The molecule has 4 aromatic rings. The molecule has 2 aromatic carbocycles. The lowest BCUT2D eigenvalue weighted by Gasteiger charge is -2.13. The van der Waals surface area contributed by atoms with Gasteiger partial charge in [0.05, 0.1) is 5.69 Å². The van der Waals surface area contributed by atoms with Gasteiger partial charge in [0.2, 0.25) is 0 Å². The van der Waals surface area contributed by atoms with Crippen LogP contribution in [0, 0.1) is 6.92 Å². The summed E-state index contributed by atoms with van der Waals surface area (Å²) in [7, 11) is 0. The topological polar surface area (TPSA) is 71.8 Å². The van der Waals surface area contributed by atoms with Gasteiger partial charge in [-0.1, -0.05) is 48.8 Å². The zero-order chi connectivity index (χ0) is 20.5. The van der Waals surface area contributed by atoms with E-state index in [1.165, 1.54) is 6.33 Å². The smallest absolute Gasteiger partial charge is 0.257 e. The molecule has 0 bridgehead atoms. The third-order valence-electron chi connectivity index (χ3n) is 5.03. The summed E-state index contributed by atoms with van der Waals surface area (Å²) in [5.74, 6) is 0.450. The van der Waals surface area contributed by atoms with E-state index in [0.29, 0.717) is 16.5 Å². The number of benzene rings is 2. The number of pyridine rings is 1. The number of aromatic amines is 1. The third kappa shape index (κ3) is 3.28. The van der Waals surface area contributed by atoms with Crippen LogP contribution in [0.25, 0.3) is 33.8 Å². The Morgan fingerprint density at radius 1 is 1.10 bits per heavy atom.